The summed E-state index contributed by atoms with van der Waals surface area (Å²) in [7, 11) is 0. The van der Waals surface area contributed by atoms with Gasteiger partial charge in [-0.15, -0.1) is 0 Å². The molecule has 18 heavy (non-hydrogen) atoms. The number of alkyl halides is 1. The normalized spacial score (nSPS) is 12.4. The molecule has 0 N–H and O–H groups in total. The molecule has 1 atom stereocenters. The first-order chi connectivity index (χ1) is 8.69. The van der Waals surface area contributed by atoms with Crippen molar-refractivity contribution in [3.8, 4) is 0 Å². The summed E-state index contributed by atoms with van der Waals surface area (Å²) in [6.45, 7) is 2.12. The maximum absolute atomic E-state index is 5.91. The molecule has 0 aromatic heterocycles. The monoisotopic (exact) mass is 322 g/mol. The largest absolute Gasteiger partial charge is 0.0921 e. The highest BCUT2D eigenvalue weighted by Crippen LogP contribution is 2.24. The lowest BCUT2D eigenvalue weighted by Gasteiger charge is -2.15. The smallest absolute Gasteiger partial charge is 0.0406 e. The average Bonchev–Trinajstić information content (AvgIpc) is 2.39. The zero-order chi connectivity index (χ0) is 13.0. The minimum atomic E-state index is 0.506. The van der Waals surface area contributed by atoms with Crippen LogP contribution < -0.4 is 0 Å². The van der Waals surface area contributed by atoms with Gasteiger partial charge in [-0.2, -0.15) is 0 Å². The van der Waals surface area contributed by atoms with Crippen molar-refractivity contribution in [2.75, 3.05) is 5.33 Å². The minimum absolute atomic E-state index is 0.506. The van der Waals surface area contributed by atoms with Crippen molar-refractivity contribution in [3.05, 3.63) is 70.2 Å². The Morgan fingerprint density at radius 3 is 2.17 bits per heavy atom. The molecule has 0 heterocycles. The number of rotatable bonds is 4. The predicted octanol–water partition coefficient (Wildman–Crippen LogP) is 5.37. The van der Waals surface area contributed by atoms with E-state index in [1.165, 1.54) is 16.7 Å². The van der Waals surface area contributed by atoms with Gasteiger partial charge < -0.3 is 0 Å². The van der Waals surface area contributed by atoms with Crippen LogP contribution in [0.2, 0.25) is 5.02 Å². The van der Waals surface area contributed by atoms with Gasteiger partial charge in [0, 0.05) is 10.4 Å². The van der Waals surface area contributed by atoms with Crippen LogP contribution >= 0.6 is 27.5 Å². The molecule has 2 aromatic carbocycles. The Labute approximate surface area is 122 Å². The summed E-state index contributed by atoms with van der Waals surface area (Å²) < 4.78 is 0. The molecule has 0 saturated carbocycles. The molecule has 94 valence electrons. The Morgan fingerprint density at radius 1 is 1.00 bits per heavy atom. The highest BCUT2D eigenvalue weighted by molar-refractivity contribution is 9.09. The summed E-state index contributed by atoms with van der Waals surface area (Å²) in [6, 6.07) is 16.9. The number of aryl methyl sites for hydroxylation is 1. The second-order valence-electron chi connectivity index (χ2n) is 4.59. The van der Waals surface area contributed by atoms with Gasteiger partial charge in [-0.25, -0.2) is 0 Å². The second-order valence-corrected chi connectivity index (χ2v) is 5.68. The van der Waals surface area contributed by atoms with Crippen molar-refractivity contribution >= 4 is 27.5 Å². The van der Waals surface area contributed by atoms with Crippen LogP contribution in [0, 0.1) is 6.92 Å². The van der Waals surface area contributed by atoms with Gasteiger partial charge in [0.25, 0.3) is 0 Å². The predicted molar refractivity (Wildman–Crippen MR) is 82.9 cm³/mol. The molecule has 0 radical (unpaired) electrons. The molecule has 0 aliphatic rings. The van der Waals surface area contributed by atoms with E-state index in [1.807, 2.05) is 12.1 Å². The molecule has 2 aromatic rings. The molecular formula is C16H16BrCl. The van der Waals surface area contributed by atoms with Crippen LogP contribution in [0.15, 0.2) is 48.5 Å². The molecule has 1 unspecified atom stereocenters. The number of benzene rings is 2. The van der Waals surface area contributed by atoms with Gasteiger partial charge in [0.15, 0.2) is 0 Å². The third kappa shape index (κ3) is 3.60. The zero-order valence-electron chi connectivity index (χ0n) is 10.4. The van der Waals surface area contributed by atoms with Gasteiger partial charge in [0.1, 0.15) is 0 Å². The Balaban J connectivity index is 2.14. The fourth-order valence-corrected chi connectivity index (χ4v) is 2.73. The lowest BCUT2D eigenvalue weighted by Crippen LogP contribution is -2.04. The summed E-state index contributed by atoms with van der Waals surface area (Å²) in [5.74, 6) is 0.506. The first kappa shape index (κ1) is 13.6. The fourth-order valence-electron chi connectivity index (χ4n) is 2.01. The van der Waals surface area contributed by atoms with E-state index in [1.54, 1.807) is 0 Å². The third-order valence-corrected chi connectivity index (χ3v) is 4.16. The van der Waals surface area contributed by atoms with Crippen LogP contribution in [-0.4, -0.2) is 5.33 Å². The zero-order valence-corrected chi connectivity index (χ0v) is 12.7. The molecule has 2 heteroatoms. The van der Waals surface area contributed by atoms with E-state index in [2.05, 4.69) is 59.3 Å². The van der Waals surface area contributed by atoms with E-state index in [0.717, 1.165) is 16.8 Å². The number of hydrogen-bond donors (Lipinski definition) is 0. The Hall–Kier alpha value is -0.790. The molecule has 0 bridgehead atoms. The molecule has 2 rings (SSSR count). The first-order valence-electron chi connectivity index (χ1n) is 6.06. The quantitative estimate of drug-likeness (QED) is 0.664. The molecule has 0 amide bonds. The van der Waals surface area contributed by atoms with E-state index in [0.29, 0.717) is 5.92 Å². The lowest BCUT2D eigenvalue weighted by atomic mass is 9.93. The van der Waals surface area contributed by atoms with Crippen molar-refractivity contribution < 1.29 is 0 Å². The topological polar surface area (TPSA) is 0 Å². The average molecular weight is 324 g/mol. The third-order valence-electron chi connectivity index (χ3n) is 3.13. The Bertz CT molecular complexity index is 488. The molecule has 0 aliphatic carbocycles. The summed E-state index contributed by atoms with van der Waals surface area (Å²) in [4.78, 5) is 0. The van der Waals surface area contributed by atoms with Crippen LogP contribution in [0.1, 0.15) is 22.6 Å². The highest BCUT2D eigenvalue weighted by Gasteiger charge is 2.10. The molecule has 0 aliphatic heterocycles. The lowest BCUT2D eigenvalue weighted by molar-refractivity contribution is 0.775. The van der Waals surface area contributed by atoms with Crippen molar-refractivity contribution in [3.63, 3.8) is 0 Å². The van der Waals surface area contributed by atoms with E-state index in [4.69, 9.17) is 11.6 Å². The number of halogens is 2. The van der Waals surface area contributed by atoms with Crippen molar-refractivity contribution in [1.82, 2.24) is 0 Å². The van der Waals surface area contributed by atoms with Crippen LogP contribution in [0.5, 0.6) is 0 Å². The van der Waals surface area contributed by atoms with Crippen molar-refractivity contribution in [2.24, 2.45) is 0 Å². The van der Waals surface area contributed by atoms with Crippen LogP contribution in [0.3, 0.4) is 0 Å². The van der Waals surface area contributed by atoms with Crippen LogP contribution in [0.4, 0.5) is 0 Å². The van der Waals surface area contributed by atoms with Gasteiger partial charge in [0.2, 0.25) is 0 Å². The van der Waals surface area contributed by atoms with Crippen LogP contribution in [-0.2, 0) is 6.42 Å². The van der Waals surface area contributed by atoms with E-state index < -0.39 is 0 Å². The first-order valence-corrected chi connectivity index (χ1v) is 7.56. The van der Waals surface area contributed by atoms with Gasteiger partial charge >= 0.3 is 0 Å². The van der Waals surface area contributed by atoms with E-state index in [-0.39, 0.29) is 0 Å². The standard InChI is InChI=1S/C16H16BrCl/c1-12-2-6-14(7-3-12)15(11-17)10-13-4-8-16(18)9-5-13/h2-9,15H,10-11H2,1H3. The van der Waals surface area contributed by atoms with Crippen molar-refractivity contribution in [1.29, 1.82) is 0 Å². The molecule has 0 spiro atoms. The second kappa shape index (κ2) is 6.40. The fraction of sp³-hybridized carbons (Fsp3) is 0.250. The van der Waals surface area contributed by atoms with Gasteiger partial charge in [-0.1, -0.05) is 69.5 Å². The highest BCUT2D eigenvalue weighted by atomic mass is 79.9. The minimum Gasteiger partial charge on any atom is -0.0921 e. The van der Waals surface area contributed by atoms with Gasteiger partial charge in [0.05, 0.1) is 0 Å². The van der Waals surface area contributed by atoms with Gasteiger partial charge in [-0.05, 0) is 42.5 Å². The molecule has 0 nitrogen and oxygen atoms in total. The van der Waals surface area contributed by atoms with Crippen LogP contribution in [0.25, 0.3) is 0 Å². The Morgan fingerprint density at radius 2 is 1.61 bits per heavy atom. The van der Waals surface area contributed by atoms with Gasteiger partial charge in [-0.3, -0.25) is 0 Å². The SMILES string of the molecule is Cc1ccc(C(CBr)Cc2ccc(Cl)cc2)cc1. The molecular weight excluding hydrogens is 308 g/mol. The molecule has 0 saturated heterocycles. The maximum atomic E-state index is 5.91. The summed E-state index contributed by atoms with van der Waals surface area (Å²) >= 11 is 9.52. The summed E-state index contributed by atoms with van der Waals surface area (Å²) in [5, 5.41) is 1.77. The van der Waals surface area contributed by atoms with E-state index >= 15 is 0 Å². The van der Waals surface area contributed by atoms with E-state index in [9.17, 15) is 0 Å². The molecule has 0 fully saturated rings. The number of hydrogen-bond acceptors (Lipinski definition) is 0. The maximum Gasteiger partial charge on any atom is 0.0406 e. The Kier molecular flexibility index (Phi) is 4.85. The summed E-state index contributed by atoms with van der Waals surface area (Å²) in [6.07, 6.45) is 1.03. The summed E-state index contributed by atoms with van der Waals surface area (Å²) in [5.41, 5.74) is 4.01. The van der Waals surface area contributed by atoms with Crippen molar-refractivity contribution in [2.45, 2.75) is 19.3 Å².